The normalized spacial score (nSPS) is 11.1. The standard InChI is InChI=1S/C4H11P.C4H12Si.C3H9P/c2*1-5(2,3)4;1-4(2)3/h1H2,2-4H3;1-4H3;1-3H3. The monoisotopic (exact) mass is 254 g/mol. The summed E-state index contributed by atoms with van der Waals surface area (Å²) >= 11 is 0. The minimum atomic E-state index is -0.639. The summed E-state index contributed by atoms with van der Waals surface area (Å²) in [7, 11) is -0.231. The van der Waals surface area contributed by atoms with Crippen LogP contribution >= 0.6 is 14.8 Å². The van der Waals surface area contributed by atoms with Gasteiger partial charge in [-0.3, -0.25) is 0 Å². The molecule has 0 atom stereocenters. The molecule has 0 aromatic rings. The van der Waals surface area contributed by atoms with E-state index >= 15 is 0 Å². The fourth-order valence-electron chi connectivity index (χ4n) is 0. The Labute approximate surface area is 95.6 Å². The van der Waals surface area contributed by atoms with Crippen LogP contribution in [0, 0.1) is 0 Å². The van der Waals surface area contributed by atoms with Crippen LogP contribution in [0.5, 0.6) is 0 Å². The summed E-state index contributed by atoms with van der Waals surface area (Å²) in [4.78, 5) is 0. The molecule has 0 unspecified atom stereocenters. The van der Waals surface area contributed by atoms with Crippen molar-refractivity contribution < 1.29 is 0 Å². The zero-order valence-corrected chi connectivity index (χ0v) is 14.9. The number of rotatable bonds is 0. The summed E-state index contributed by atoms with van der Waals surface area (Å²) in [5.74, 6) is 0. The first kappa shape index (κ1) is 20.4. The summed E-state index contributed by atoms with van der Waals surface area (Å²) < 4.78 is 0. The Morgan fingerprint density at radius 1 is 0.857 bits per heavy atom. The zero-order valence-electron chi connectivity index (χ0n) is 12.1. The minimum Gasteiger partial charge on any atom is -0.121 e. The molecule has 0 aliphatic carbocycles. The Hall–Kier alpha value is 0.947. The van der Waals surface area contributed by atoms with E-state index in [0.717, 1.165) is 0 Å². The van der Waals surface area contributed by atoms with Gasteiger partial charge in [-0.15, -0.1) is 21.1 Å². The number of hydrogen-bond donors (Lipinski definition) is 0. The fourth-order valence-corrected chi connectivity index (χ4v) is 0. The van der Waals surface area contributed by atoms with Crippen LogP contribution in [0.3, 0.4) is 0 Å². The van der Waals surface area contributed by atoms with Gasteiger partial charge in [-0.25, -0.2) is 0 Å². The molecule has 0 radical (unpaired) electrons. The largest absolute Gasteiger partial charge is 0.121 e. The molecule has 3 heteroatoms. The fraction of sp³-hybridized carbons (Fsp3) is 0.909. The second-order valence-electron chi connectivity index (χ2n) is 6.63. The first-order chi connectivity index (χ1) is 5.73. The second-order valence-corrected chi connectivity index (χ2v) is 19.9. The van der Waals surface area contributed by atoms with Gasteiger partial charge in [-0.2, -0.15) is 0 Å². The number of hydrogen-bond acceptors (Lipinski definition) is 0. The molecule has 0 bridgehead atoms. The van der Waals surface area contributed by atoms with E-state index in [-0.39, 0.29) is 0 Å². The lowest BCUT2D eigenvalue weighted by Crippen LogP contribution is -2.10. The SMILES string of the molecule is C=P(C)(C)C.CP(C)C.C[Si](C)(C)C. The molecule has 0 spiro atoms. The lowest BCUT2D eigenvalue weighted by Gasteiger charge is -2.01. The van der Waals surface area contributed by atoms with Gasteiger partial charge in [0.1, 0.15) is 0 Å². The summed E-state index contributed by atoms with van der Waals surface area (Å²) in [6.45, 7) is 21.9. The van der Waals surface area contributed by atoms with E-state index in [4.69, 9.17) is 0 Å². The van der Waals surface area contributed by atoms with Crippen LogP contribution < -0.4 is 0 Å². The molecule has 0 saturated carbocycles. The molecule has 0 amide bonds. The van der Waals surface area contributed by atoms with Crippen molar-refractivity contribution in [2.24, 2.45) is 0 Å². The van der Waals surface area contributed by atoms with Crippen LogP contribution in [-0.2, 0) is 0 Å². The average molecular weight is 254 g/mol. The van der Waals surface area contributed by atoms with Crippen molar-refractivity contribution in [3.05, 3.63) is 0 Å². The third-order valence-corrected chi connectivity index (χ3v) is 0. The van der Waals surface area contributed by atoms with Gasteiger partial charge in [-0.1, -0.05) is 26.2 Å². The third kappa shape index (κ3) is 2060. The Kier molecular flexibility index (Phi) is 13.4. The molecule has 0 rings (SSSR count). The second kappa shape index (κ2) is 9.19. The molecule has 0 N–H and O–H groups in total. The van der Waals surface area contributed by atoms with Crippen LogP contribution in [0.25, 0.3) is 0 Å². The molecule has 0 aliphatic heterocycles. The maximum Gasteiger partial charge on any atom is 0.0411 e. The molecule has 0 heterocycles. The van der Waals surface area contributed by atoms with Crippen molar-refractivity contribution in [3.63, 3.8) is 0 Å². The van der Waals surface area contributed by atoms with Crippen molar-refractivity contribution in [1.29, 1.82) is 0 Å². The Morgan fingerprint density at radius 3 is 0.857 bits per heavy atom. The molecular formula is C11H32P2Si. The van der Waals surface area contributed by atoms with Crippen LogP contribution in [0.1, 0.15) is 0 Å². The van der Waals surface area contributed by atoms with E-state index in [0.29, 0.717) is 7.92 Å². The van der Waals surface area contributed by atoms with Crippen molar-refractivity contribution in [2.45, 2.75) is 26.2 Å². The van der Waals surface area contributed by atoms with Gasteiger partial charge in [0.2, 0.25) is 0 Å². The summed E-state index contributed by atoms with van der Waals surface area (Å²) in [5, 5.41) is 0. The van der Waals surface area contributed by atoms with E-state index in [1.165, 1.54) is 0 Å². The zero-order chi connectivity index (χ0) is 12.6. The smallest absolute Gasteiger partial charge is 0.0411 e. The van der Waals surface area contributed by atoms with Crippen molar-refractivity contribution in [2.75, 3.05) is 40.0 Å². The molecule has 0 aromatic carbocycles. The first-order valence-corrected chi connectivity index (χ1v) is 15.0. The van der Waals surface area contributed by atoms with Crippen LogP contribution in [0.2, 0.25) is 26.2 Å². The van der Waals surface area contributed by atoms with E-state index < -0.39 is 15.0 Å². The van der Waals surface area contributed by atoms with Gasteiger partial charge >= 0.3 is 0 Å². The highest BCUT2D eigenvalue weighted by Gasteiger charge is 1.99. The van der Waals surface area contributed by atoms with E-state index in [9.17, 15) is 0 Å². The van der Waals surface area contributed by atoms with Crippen LogP contribution in [0.15, 0.2) is 0 Å². The summed E-state index contributed by atoms with van der Waals surface area (Å²) in [6.07, 6.45) is 3.88. The van der Waals surface area contributed by atoms with Crippen molar-refractivity contribution >= 4 is 29.2 Å². The molecule has 0 aliphatic rings. The Morgan fingerprint density at radius 2 is 0.857 bits per heavy atom. The highest BCUT2D eigenvalue weighted by Crippen LogP contribution is 2.27. The van der Waals surface area contributed by atoms with Gasteiger partial charge in [0.15, 0.2) is 0 Å². The van der Waals surface area contributed by atoms with Crippen LogP contribution in [0.4, 0.5) is 0 Å². The van der Waals surface area contributed by atoms with Gasteiger partial charge in [0.05, 0.1) is 0 Å². The first-order valence-electron chi connectivity index (χ1n) is 5.00. The molecular weight excluding hydrogens is 222 g/mol. The van der Waals surface area contributed by atoms with E-state index in [1.807, 2.05) is 0 Å². The third-order valence-electron chi connectivity index (χ3n) is 0. The highest BCUT2D eigenvalue weighted by atomic mass is 31.2. The van der Waals surface area contributed by atoms with Gasteiger partial charge < -0.3 is 0 Å². The summed E-state index contributed by atoms with van der Waals surface area (Å²) in [5.41, 5.74) is 0. The molecule has 0 saturated heterocycles. The topological polar surface area (TPSA) is 0 Å². The lowest BCUT2D eigenvalue weighted by atomic mass is 11.8. The predicted molar refractivity (Wildman–Crippen MR) is 85.7 cm³/mol. The molecule has 0 nitrogen and oxygen atoms in total. The Balaban J connectivity index is -0.000000131. The Bertz CT molecular complexity index is 134. The lowest BCUT2D eigenvalue weighted by molar-refractivity contribution is 1.71. The van der Waals surface area contributed by atoms with Gasteiger partial charge in [-0.05, 0) is 40.0 Å². The van der Waals surface area contributed by atoms with E-state index in [1.54, 1.807) is 0 Å². The maximum absolute atomic E-state index is 3.88. The minimum absolute atomic E-state index is 0.380. The summed E-state index contributed by atoms with van der Waals surface area (Å²) in [6, 6.07) is 0. The van der Waals surface area contributed by atoms with Crippen molar-refractivity contribution in [3.8, 4) is 0 Å². The molecule has 0 aromatic heterocycles. The van der Waals surface area contributed by atoms with Gasteiger partial charge in [0.25, 0.3) is 0 Å². The van der Waals surface area contributed by atoms with Gasteiger partial charge in [0, 0.05) is 8.07 Å². The highest BCUT2D eigenvalue weighted by molar-refractivity contribution is 7.71. The quantitative estimate of drug-likeness (QED) is 0.436. The van der Waals surface area contributed by atoms with Crippen molar-refractivity contribution in [1.82, 2.24) is 0 Å². The molecule has 90 valence electrons. The molecule has 14 heavy (non-hydrogen) atoms. The maximum atomic E-state index is 3.88. The average Bonchev–Trinajstić information content (AvgIpc) is 1.45. The predicted octanol–water partition coefficient (Wildman–Crippen LogP) is 4.64. The van der Waals surface area contributed by atoms with E-state index in [2.05, 4.69) is 72.5 Å². The molecule has 0 fully saturated rings. The van der Waals surface area contributed by atoms with Crippen LogP contribution in [-0.4, -0.2) is 54.4 Å².